The number of hydrogen-bond donors (Lipinski definition) is 0. The predicted molar refractivity (Wildman–Crippen MR) is 116 cm³/mol. The van der Waals surface area contributed by atoms with Crippen LogP contribution in [-0.4, -0.2) is 34.7 Å². The van der Waals surface area contributed by atoms with Crippen LogP contribution in [0.5, 0.6) is 5.75 Å². The fourth-order valence-corrected chi connectivity index (χ4v) is 3.59. The van der Waals surface area contributed by atoms with E-state index in [4.69, 9.17) is 27.9 Å². The molecular formula is C22H23Cl2N3O2. The first-order valence-electron chi connectivity index (χ1n) is 9.17. The largest absolute Gasteiger partial charge is 0.496 e. The number of carbonyl (C=O) groups excluding carboxylic acids is 1. The molecule has 3 aromatic rings. The van der Waals surface area contributed by atoms with Crippen molar-refractivity contribution in [1.82, 2.24) is 14.7 Å². The molecule has 0 bridgehead atoms. The van der Waals surface area contributed by atoms with Gasteiger partial charge in [-0.3, -0.25) is 4.79 Å². The molecule has 152 valence electrons. The van der Waals surface area contributed by atoms with Gasteiger partial charge in [0.25, 0.3) is 0 Å². The summed E-state index contributed by atoms with van der Waals surface area (Å²) in [4.78, 5) is 14.6. The van der Waals surface area contributed by atoms with E-state index in [-0.39, 0.29) is 12.3 Å². The first-order valence-corrected chi connectivity index (χ1v) is 9.93. The highest BCUT2D eigenvalue weighted by atomic mass is 35.5. The summed E-state index contributed by atoms with van der Waals surface area (Å²) in [5, 5.41) is 5.89. The SMILES string of the molecule is COc1ccc(Cl)cc1CN(C)C(=O)Cc1c(C)nn(-c2ccc(Cl)cc2)c1C. The Morgan fingerprint density at radius 3 is 2.41 bits per heavy atom. The fraction of sp³-hybridized carbons (Fsp3) is 0.273. The van der Waals surface area contributed by atoms with Crippen molar-refractivity contribution in [2.24, 2.45) is 0 Å². The minimum absolute atomic E-state index is 0.00566. The Morgan fingerprint density at radius 2 is 1.76 bits per heavy atom. The number of amides is 1. The van der Waals surface area contributed by atoms with Crippen LogP contribution in [0.25, 0.3) is 5.69 Å². The van der Waals surface area contributed by atoms with Crippen LogP contribution in [-0.2, 0) is 17.8 Å². The molecule has 7 heteroatoms. The number of rotatable bonds is 6. The summed E-state index contributed by atoms with van der Waals surface area (Å²) in [6, 6.07) is 12.9. The molecule has 0 unspecified atom stereocenters. The lowest BCUT2D eigenvalue weighted by atomic mass is 10.1. The summed E-state index contributed by atoms with van der Waals surface area (Å²) in [5.41, 5.74) is 4.47. The van der Waals surface area contributed by atoms with Crippen LogP contribution >= 0.6 is 23.2 Å². The van der Waals surface area contributed by atoms with E-state index in [2.05, 4.69) is 5.10 Å². The Labute approximate surface area is 180 Å². The van der Waals surface area contributed by atoms with E-state index in [1.54, 1.807) is 31.2 Å². The molecule has 1 amide bonds. The van der Waals surface area contributed by atoms with Gasteiger partial charge < -0.3 is 9.64 Å². The van der Waals surface area contributed by atoms with Gasteiger partial charge >= 0.3 is 0 Å². The van der Waals surface area contributed by atoms with E-state index in [1.165, 1.54) is 0 Å². The van der Waals surface area contributed by atoms with Crippen molar-refractivity contribution in [1.29, 1.82) is 0 Å². The second-order valence-corrected chi connectivity index (χ2v) is 7.79. The van der Waals surface area contributed by atoms with Gasteiger partial charge in [-0.05, 0) is 56.3 Å². The molecule has 0 N–H and O–H groups in total. The third-order valence-electron chi connectivity index (χ3n) is 4.92. The van der Waals surface area contributed by atoms with Crippen LogP contribution < -0.4 is 4.74 Å². The molecule has 5 nitrogen and oxygen atoms in total. The van der Waals surface area contributed by atoms with Crippen molar-refractivity contribution in [2.45, 2.75) is 26.8 Å². The summed E-state index contributed by atoms with van der Waals surface area (Å²) >= 11 is 12.1. The standard InChI is InChI=1S/C22H23Cl2N3O2/c1-14-20(15(2)27(25-14)19-8-5-17(23)6-9-19)12-22(28)26(3)13-16-11-18(24)7-10-21(16)29-4/h5-11H,12-13H2,1-4H3. The number of aryl methyl sites for hydroxylation is 1. The Kier molecular flexibility index (Phi) is 6.50. The van der Waals surface area contributed by atoms with E-state index in [0.717, 1.165) is 28.2 Å². The molecule has 0 saturated heterocycles. The number of aromatic nitrogens is 2. The summed E-state index contributed by atoms with van der Waals surface area (Å²) in [6.45, 7) is 4.30. The summed E-state index contributed by atoms with van der Waals surface area (Å²) in [6.07, 6.45) is 0.268. The lowest BCUT2D eigenvalue weighted by molar-refractivity contribution is -0.129. The van der Waals surface area contributed by atoms with Crippen LogP contribution in [0, 0.1) is 13.8 Å². The summed E-state index contributed by atoms with van der Waals surface area (Å²) < 4.78 is 7.22. The number of halogens is 2. The molecule has 3 rings (SSSR count). The molecule has 29 heavy (non-hydrogen) atoms. The fourth-order valence-electron chi connectivity index (χ4n) is 3.27. The number of methoxy groups -OCH3 is 1. The van der Waals surface area contributed by atoms with Gasteiger partial charge in [-0.2, -0.15) is 5.10 Å². The maximum atomic E-state index is 12.9. The zero-order chi connectivity index (χ0) is 21.1. The molecule has 2 aromatic carbocycles. The van der Waals surface area contributed by atoms with Gasteiger partial charge in [-0.1, -0.05) is 23.2 Å². The lowest BCUT2D eigenvalue weighted by Crippen LogP contribution is -2.28. The molecule has 0 aliphatic carbocycles. The van der Waals surface area contributed by atoms with Crippen molar-refractivity contribution in [2.75, 3.05) is 14.2 Å². The van der Waals surface area contributed by atoms with Crippen molar-refractivity contribution in [3.63, 3.8) is 0 Å². The van der Waals surface area contributed by atoms with Crippen molar-refractivity contribution in [3.05, 3.63) is 75.0 Å². The van der Waals surface area contributed by atoms with Gasteiger partial charge in [-0.15, -0.1) is 0 Å². The zero-order valence-electron chi connectivity index (χ0n) is 16.9. The van der Waals surface area contributed by atoms with E-state index < -0.39 is 0 Å². The van der Waals surface area contributed by atoms with E-state index in [9.17, 15) is 4.79 Å². The van der Waals surface area contributed by atoms with E-state index in [1.807, 2.05) is 48.9 Å². The molecule has 0 fully saturated rings. The molecule has 0 aliphatic heterocycles. The summed E-state index contributed by atoms with van der Waals surface area (Å²) in [5.74, 6) is 0.700. The highest BCUT2D eigenvalue weighted by molar-refractivity contribution is 6.30. The minimum atomic E-state index is -0.00566. The van der Waals surface area contributed by atoms with Gasteiger partial charge in [0.2, 0.25) is 5.91 Å². The van der Waals surface area contributed by atoms with Crippen molar-refractivity contribution >= 4 is 29.1 Å². The smallest absolute Gasteiger partial charge is 0.227 e. The monoisotopic (exact) mass is 431 g/mol. The Hall–Kier alpha value is -2.50. The van der Waals surface area contributed by atoms with Crippen molar-refractivity contribution in [3.8, 4) is 11.4 Å². The minimum Gasteiger partial charge on any atom is -0.496 e. The number of likely N-dealkylation sites (N-methyl/N-ethyl adjacent to an activating group) is 1. The van der Waals surface area contributed by atoms with Gasteiger partial charge in [0.05, 0.1) is 24.9 Å². The average molecular weight is 432 g/mol. The predicted octanol–water partition coefficient (Wildman–Crippen LogP) is 5.01. The van der Waals surface area contributed by atoms with Gasteiger partial charge in [-0.25, -0.2) is 4.68 Å². The molecular weight excluding hydrogens is 409 g/mol. The molecule has 1 heterocycles. The summed E-state index contributed by atoms with van der Waals surface area (Å²) in [7, 11) is 3.38. The third-order valence-corrected chi connectivity index (χ3v) is 5.40. The Bertz CT molecular complexity index is 1030. The number of hydrogen-bond acceptors (Lipinski definition) is 3. The molecule has 0 radical (unpaired) electrons. The number of benzene rings is 2. The molecule has 0 spiro atoms. The highest BCUT2D eigenvalue weighted by Gasteiger charge is 2.19. The number of ether oxygens (including phenoxy) is 1. The lowest BCUT2D eigenvalue weighted by Gasteiger charge is -2.19. The first-order chi connectivity index (χ1) is 13.8. The topological polar surface area (TPSA) is 47.4 Å². The van der Waals surface area contributed by atoms with Crippen LogP contribution in [0.3, 0.4) is 0 Å². The Morgan fingerprint density at radius 1 is 1.10 bits per heavy atom. The average Bonchev–Trinajstić information content (AvgIpc) is 2.97. The van der Waals surface area contributed by atoms with Crippen LogP contribution in [0.2, 0.25) is 10.0 Å². The van der Waals surface area contributed by atoms with Gasteiger partial charge in [0, 0.05) is 40.5 Å². The maximum Gasteiger partial charge on any atom is 0.227 e. The maximum absolute atomic E-state index is 12.9. The van der Waals surface area contributed by atoms with Crippen molar-refractivity contribution < 1.29 is 9.53 Å². The molecule has 0 saturated carbocycles. The second kappa shape index (κ2) is 8.89. The van der Waals surface area contributed by atoms with Crippen LogP contribution in [0.1, 0.15) is 22.5 Å². The quantitative estimate of drug-likeness (QED) is 0.551. The third kappa shape index (κ3) is 4.74. The highest BCUT2D eigenvalue weighted by Crippen LogP contribution is 2.25. The molecule has 0 atom stereocenters. The number of nitrogens with zero attached hydrogens (tertiary/aromatic N) is 3. The normalized spacial score (nSPS) is 10.8. The van der Waals surface area contributed by atoms with Crippen LogP contribution in [0.4, 0.5) is 0 Å². The van der Waals surface area contributed by atoms with Gasteiger partial charge in [0.15, 0.2) is 0 Å². The van der Waals surface area contributed by atoms with E-state index in [0.29, 0.717) is 22.3 Å². The zero-order valence-corrected chi connectivity index (χ0v) is 18.4. The number of carbonyl (C=O) groups is 1. The second-order valence-electron chi connectivity index (χ2n) is 6.92. The first kappa shape index (κ1) is 21.2. The van der Waals surface area contributed by atoms with E-state index >= 15 is 0 Å². The molecule has 1 aromatic heterocycles. The molecule has 0 aliphatic rings. The Balaban J connectivity index is 1.78. The van der Waals surface area contributed by atoms with Gasteiger partial charge in [0.1, 0.15) is 5.75 Å². The van der Waals surface area contributed by atoms with Crippen LogP contribution in [0.15, 0.2) is 42.5 Å².